The van der Waals surface area contributed by atoms with Crippen molar-refractivity contribution >= 4 is 17.6 Å². The fourth-order valence-electron chi connectivity index (χ4n) is 3.12. The van der Waals surface area contributed by atoms with Crippen LogP contribution in [0.15, 0.2) is 53.3 Å². The van der Waals surface area contributed by atoms with Gasteiger partial charge in [0.1, 0.15) is 6.10 Å². The molecule has 1 aliphatic rings. The number of carbonyl (C=O) groups excluding carboxylic acids is 1. The lowest BCUT2D eigenvalue weighted by atomic mass is 9.77. The Morgan fingerprint density at radius 1 is 1.26 bits per heavy atom. The largest absolute Gasteiger partial charge is 0.462 e. The van der Waals surface area contributed by atoms with Crippen molar-refractivity contribution in [1.82, 2.24) is 15.1 Å². The van der Waals surface area contributed by atoms with E-state index in [0.29, 0.717) is 24.1 Å². The Hall–Kier alpha value is -2.73. The first-order chi connectivity index (χ1) is 13.2. The molecule has 1 aromatic carbocycles. The van der Waals surface area contributed by atoms with Gasteiger partial charge in [-0.2, -0.15) is 4.98 Å². The maximum Gasteiger partial charge on any atom is 0.306 e. The van der Waals surface area contributed by atoms with Gasteiger partial charge in [-0.05, 0) is 48.6 Å². The quantitative estimate of drug-likeness (QED) is 0.593. The highest BCUT2D eigenvalue weighted by molar-refractivity contribution is 6.30. The van der Waals surface area contributed by atoms with Gasteiger partial charge in [0.2, 0.25) is 11.7 Å². The number of halogens is 1. The molecule has 1 fully saturated rings. The van der Waals surface area contributed by atoms with Crippen LogP contribution in [0.2, 0.25) is 5.02 Å². The van der Waals surface area contributed by atoms with Gasteiger partial charge in [-0.15, -0.1) is 0 Å². The molecular weight excluding hydrogens is 366 g/mol. The molecular formula is C20H18ClN3O3. The topological polar surface area (TPSA) is 78.1 Å². The second kappa shape index (κ2) is 7.88. The fourth-order valence-corrected chi connectivity index (χ4v) is 3.32. The Balaban J connectivity index is 1.22. The van der Waals surface area contributed by atoms with Crippen LogP contribution in [0.5, 0.6) is 0 Å². The highest BCUT2D eigenvalue weighted by Gasteiger charge is 2.33. The molecule has 0 aliphatic heterocycles. The van der Waals surface area contributed by atoms with Crippen molar-refractivity contribution in [3.8, 4) is 11.4 Å². The summed E-state index contributed by atoms with van der Waals surface area (Å²) in [6, 6.07) is 11.5. The van der Waals surface area contributed by atoms with Crippen molar-refractivity contribution in [2.45, 2.75) is 37.7 Å². The van der Waals surface area contributed by atoms with Crippen LogP contribution in [-0.4, -0.2) is 27.2 Å². The minimum absolute atomic E-state index is 0.0323. The van der Waals surface area contributed by atoms with E-state index in [4.69, 9.17) is 20.9 Å². The van der Waals surface area contributed by atoms with Crippen LogP contribution in [0.25, 0.3) is 11.4 Å². The third kappa shape index (κ3) is 4.34. The number of esters is 1. The second-order valence-corrected chi connectivity index (χ2v) is 7.03. The third-order valence-electron chi connectivity index (χ3n) is 4.64. The first kappa shape index (κ1) is 17.7. The number of hydrogen-bond donors (Lipinski definition) is 0. The summed E-state index contributed by atoms with van der Waals surface area (Å²) in [4.78, 5) is 20.4. The molecule has 0 unspecified atom stereocenters. The summed E-state index contributed by atoms with van der Waals surface area (Å²) < 4.78 is 10.7. The third-order valence-corrected chi connectivity index (χ3v) is 4.88. The van der Waals surface area contributed by atoms with E-state index in [-0.39, 0.29) is 18.5 Å². The highest BCUT2D eigenvalue weighted by atomic mass is 35.5. The number of nitrogens with zero attached hydrogens (tertiary/aromatic N) is 3. The molecule has 1 saturated carbocycles. The maximum absolute atomic E-state index is 12.1. The molecule has 0 radical (unpaired) electrons. The van der Waals surface area contributed by atoms with E-state index in [1.807, 2.05) is 24.3 Å². The average molecular weight is 384 g/mol. The van der Waals surface area contributed by atoms with Crippen molar-refractivity contribution in [2.75, 3.05) is 0 Å². The molecule has 27 heavy (non-hydrogen) atoms. The van der Waals surface area contributed by atoms with Crippen LogP contribution in [0.1, 0.15) is 36.6 Å². The SMILES string of the molecule is O=C(CCc1nc(-c2cccnc2)no1)OC1CC(c2cccc(Cl)c2)C1. The zero-order valence-electron chi connectivity index (χ0n) is 14.5. The summed E-state index contributed by atoms with van der Waals surface area (Å²) in [6.45, 7) is 0. The molecule has 7 heteroatoms. The first-order valence-electron chi connectivity index (χ1n) is 8.85. The van der Waals surface area contributed by atoms with E-state index in [2.05, 4.69) is 21.2 Å². The average Bonchev–Trinajstić information content (AvgIpc) is 3.12. The van der Waals surface area contributed by atoms with Crippen molar-refractivity contribution < 1.29 is 14.1 Å². The minimum Gasteiger partial charge on any atom is -0.462 e. The van der Waals surface area contributed by atoms with Crippen LogP contribution < -0.4 is 0 Å². The van der Waals surface area contributed by atoms with Crippen molar-refractivity contribution in [2.24, 2.45) is 0 Å². The molecule has 4 rings (SSSR count). The zero-order valence-corrected chi connectivity index (χ0v) is 15.3. The molecule has 0 atom stereocenters. The summed E-state index contributed by atoms with van der Waals surface area (Å²) in [5.41, 5.74) is 1.97. The Morgan fingerprint density at radius 3 is 2.93 bits per heavy atom. The Morgan fingerprint density at radius 2 is 2.15 bits per heavy atom. The normalized spacial score (nSPS) is 18.7. The van der Waals surface area contributed by atoms with E-state index in [9.17, 15) is 4.79 Å². The smallest absolute Gasteiger partial charge is 0.306 e. The van der Waals surface area contributed by atoms with Crippen LogP contribution in [0.4, 0.5) is 0 Å². The molecule has 6 nitrogen and oxygen atoms in total. The summed E-state index contributed by atoms with van der Waals surface area (Å²) in [7, 11) is 0. The van der Waals surface area contributed by atoms with Crippen LogP contribution in [0, 0.1) is 0 Å². The molecule has 0 spiro atoms. The van der Waals surface area contributed by atoms with Crippen molar-refractivity contribution in [3.05, 3.63) is 65.3 Å². The number of pyridine rings is 1. The number of ether oxygens (including phenoxy) is 1. The minimum atomic E-state index is -0.245. The van der Waals surface area contributed by atoms with Crippen LogP contribution in [0.3, 0.4) is 0 Å². The summed E-state index contributed by atoms with van der Waals surface area (Å²) in [6.07, 6.45) is 5.54. The number of benzene rings is 1. The number of hydrogen-bond acceptors (Lipinski definition) is 6. The molecule has 0 N–H and O–H groups in total. The summed E-state index contributed by atoms with van der Waals surface area (Å²) in [5.74, 6) is 1.04. The lowest BCUT2D eigenvalue weighted by Gasteiger charge is -2.35. The number of aromatic nitrogens is 3. The van der Waals surface area contributed by atoms with Gasteiger partial charge in [-0.3, -0.25) is 9.78 Å². The maximum atomic E-state index is 12.1. The van der Waals surface area contributed by atoms with E-state index in [1.165, 1.54) is 5.56 Å². The van der Waals surface area contributed by atoms with Gasteiger partial charge >= 0.3 is 5.97 Å². The number of aryl methyl sites for hydroxylation is 1. The molecule has 138 valence electrons. The lowest BCUT2D eigenvalue weighted by Crippen LogP contribution is -2.32. The molecule has 0 bridgehead atoms. The fraction of sp³-hybridized carbons (Fsp3) is 0.300. The van der Waals surface area contributed by atoms with Gasteiger partial charge in [0.15, 0.2) is 0 Å². The van der Waals surface area contributed by atoms with Gasteiger partial charge in [0.25, 0.3) is 0 Å². The van der Waals surface area contributed by atoms with Crippen molar-refractivity contribution in [3.63, 3.8) is 0 Å². The number of rotatable bonds is 6. The van der Waals surface area contributed by atoms with E-state index < -0.39 is 0 Å². The van der Waals surface area contributed by atoms with Crippen molar-refractivity contribution in [1.29, 1.82) is 0 Å². The standard InChI is InChI=1S/C20H18ClN3O3/c21-16-5-1-3-13(9-16)15-10-17(11-15)26-19(25)7-6-18-23-20(24-27-18)14-4-2-8-22-12-14/h1-5,8-9,12,15,17H,6-7,10-11H2. The highest BCUT2D eigenvalue weighted by Crippen LogP contribution is 2.39. The molecule has 1 aliphatic carbocycles. The zero-order chi connectivity index (χ0) is 18.6. The van der Waals surface area contributed by atoms with Gasteiger partial charge in [0.05, 0.1) is 6.42 Å². The Bertz CT molecular complexity index is 923. The Labute approximate surface area is 161 Å². The second-order valence-electron chi connectivity index (χ2n) is 6.59. The predicted octanol–water partition coefficient (Wildman–Crippen LogP) is 4.21. The van der Waals surface area contributed by atoms with E-state index >= 15 is 0 Å². The van der Waals surface area contributed by atoms with E-state index in [0.717, 1.165) is 23.4 Å². The molecule has 2 aromatic heterocycles. The van der Waals surface area contributed by atoms with Gasteiger partial charge in [-0.1, -0.05) is 28.9 Å². The van der Waals surface area contributed by atoms with Gasteiger partial charge in [0, 0.05) is 29.4 Å². The molecule has 0 saturated heterocycles. The molecule has 3 aromatic rings. The summed E-state index contributed by atoms with van der Waals surface area (Å²) >= 11 is 6.02. The number of carbonyl (C=O) groups is 1. The van der Waals surface area contributed by atoms with Crippen LogP contribution >= 0.6 is 11.6 Å². The van der Waals surface area contributed by atoms with Gasteiger partial charge < -0.3 is 9.26 Å². The van der Waals surface area contributed by atoms with Gasteiger partial charge in [-0.25, -0.2) is 0 Å². The monoisotopic (exact) mass is 383 g/mol. The first-order valence-corrected chi connectivity index (χ1v) is 9.23. The Kier molecular flexibility index (Phi) is 5.16. The molecule has 2 heterocycles. The predicted molar refractivity (Wildman–Crippen MR) is 99.2 cm³/mol. The lowest BCUT2D eigenvalue weighted by molar-refractivity contribution is -0.153. The summed E-state index contributed by atoms with van der Waals surface area (Å²) in [5, 5.41) is 4.65. The van der Waals surface area contributed by atoms with E-state index in [1.54, 1.807) is 18.5 Å². The molecule has 0 amide bonds. The van der Waals surface area contributed by atoms with Crippen LogP contribution in [-0.2, 0) is 16.0 Å².